The lowest BCUT2D eigenvalue weighted by atomic mass is 10.0. The minimum Gasteiger partial charge on any atom is -0.380 e. The average Bonchev–Trinajstić information content (AvgIpc) is 2.52. The summed E-state index contributed by atoms with van der Waals surface area (Å²) in [6.45, 7) is 6.87. The Morgan fingerprint density at radius 1 is 1.48 bits per heavy atom. The Bertz CT molecular complexity index is 452. The maximum atomic E-state index is 14.4. The second kappa shape index (κ2) is 7.76. The van der Waals surface area contributed by atoms with Crippen molar-refractivity contribution < 1.29 is 9.13 Å². The van der Waals surface area contributed by atoms with Crippen molar-refractivity contribution in [3.63, 3.8) is 0 Å². The molecule has 1 aliphatic heterocycles. The first kappa shape index (κ1) is 16.2. The zero-order valence-corrected chi connectivity index (χ0v) is 13.4. The highest BCUT2D eigenvalue weighted by molar-refractivity contribution is 5.56. The van der Waals surface area contributed by atoms with E-state index in [4.69, 9.17) is 4.74 Å². The largest absolute Gasteiger partial charge is 0.380 e. The van der Waals surface area contributed by atoms with Crippen molar-refractivity contribution in [2.24, 2.45) is 0 Å². The fraction of sp³-hybridized carbons (Fsp3) is 0.647. The Hall–Kier alpha value is -1.13. The number of benzene rings is 1. The predicted octanol–water partition coefficient (Wildman–Crippen LogP) is 3.50. The standard InChI is InChI=1S/C17H27FN2O/c1-4-10-19-13(2)17-15(18)8-5-9-16(17)20-11-6-7-14(12-20)21-3/h5,8-9,13-14,19H,4,6-7,10-12H2,1-3H3. The van der Waals surface area contributed by atoms with Gasteiger partial charge < -0.3 is 15.0 Å². The van der Waals surface area contributed by atoms with Crippen LogP contribution >= 0.6 is 0 Å². The molecule has 118 valence electrons. The zero-order valence-electron chi connectivity index (χ0n) is 13.4. The number of hydrogen-bond donors (Lipinski definition) is 1. The Morgan fingerprint density at radius 2 is 2.29 bits per heavy atom. The molecule has 0 aromatic heterocycles. The quantitative estimate of drug-likeness (QED) is 0.869. The third-order valence-electron chi connectivity index (χ3n) is 4.22. The summed E-state index contributed by atoms with van der Waals surface area (Å²) in [7, 11) is 1.76. The second-order valence-electron chi connectivity index (χ2n) is 5.79. The molecule has 0 spiro atoms. The summed E-state index contributed by atoms with van der Waals surface area (Å²) in [5, 5.41) is 3.40. The SMILES string of the molecule is CCCNC(C)c1c(F)cccc1N1CCCC(OC)C1. The molecule has 1 fully saturated rings. The van der Waals surface area contributed by atoms with Crippen molar-refractivity contribution in [2.75, 3.05) is 31.6 Å². The highest BCUT2D eigenvalue weighted by Gasteiger charge is 2.24. The predicted molar refractivity (Wildman–Crippen MR) is 85.4 cm³/mol. The summed E-state index contributed by atoms with van der Waals surface area (Å²) in [4.78, 5) is 2.26. The first-order valence-corrected chi connectivity index (χ1v) is 7.96. The van der Waals surface area contributed by atoms with Crippen molar-refractivity contribution in [2.45, 2.75) is 45.3 Å². The summed E-state index contributed by atoms with van der Waals surface area (Å²) >= 11 is 0. The molecule has 4 heteroatoms. The van der Waals surface area contributed by atoms with Crippen LogP contribution in [0.5, 0.6) is 0 Å². The Labute approximate surface area is 127 Å². The van der Waals surface area contributed by atoms with Crippen LogP contribution in [0.4, 0.5) is 10.1 Å². The number of rotatable bonds is 6. The van der Waals surface area contributed by atoms with Gasteiger partial charge in [-0.2, -0.15) is 0 Å². The van der Waals surface area contributed by atoms with Crippen molar-refractivity contribution >= 4 is 5.69 Å². The monoisotopic (exact) mass is 294 g/mol. The second-order valence-corrected chi connectivity index (χ2v) is 5.79. The van der Waals surface area contributed by atoms with Crippen molar-refractivity contribution in [1.29, 1.82) is 0 Å². The highest BCUT2D eigenvalue weighted by atomic mass is 19.1. The zero-order chi connectivity index (χ0) is 15.2. The van der Waals surface area contributed by atoms with Crippen LogP contribution in [0.1, 0.15) is 44.7 Å². The first-order valence-electron chi connectivity index (χ1n) is 7.96. The van der Waals surface area contributed by atoms with Gasteiger partial charge in [-0.15, -0.1) is 0 Å². The number of piperidine rings is 1. The van der Waals surface area contributed by atoms with E-state index >= 15 is 0 Å². The van der Waals surface area contributed by atoms with E-state index in [2.05, 4.69) is 17.1 Å². The van der Waals surface area contributed by atoms with Crippen LogP contribution in [-0.2, 0) is 4.74 Å². The summed E-state index contributed by atoms with van der Waals surface area (Å²) in [6, 6.07) is 5.40. The van der Waals surface area contributed by atoms with Gasteiger partial charge in [-0.3, -0.25) is 0 Å². The van der Waals surface area contributed by atoms with E-state index in [1.54, 1.807) is 19.2 Å². The van der Waals surface area contributed by atoms with E-state index in [0.717, 1.165) is 50.1 Å². The lowest BCUT2D eigenvalue weighted by Gasteiger charge is -2.35. The summed E-state index contributed by atoms with van der Waals surface area (Å²) < 4.78 is 19.9. The maximum absolute atomic E-state index is 14.4. The first-order chi connectivity index (χ1) is 10.2. The molecule has 21 heavy (non-hydrogen) atoms. The van der Waals surface area contributed by atoms with E-state index in [0.29, 0.717) is 0 Å². The van der Waals surface area contributed by atoms with E-state index in [1.165, 1.54) is 0 Å². The molecule has 2 atom stereocenters. The van der Waals surface area contributed by atoms with Gasteiger partial charge >= 0.3 is 0 Å². The van der Waals surface area contributed by atoms with Crippen molar-refractivity contribution in [1.82, 2.24) is 5.32 Å². The number of nitrogens with zero attached hydrogens (tertiary/aromatic N) is 1. The Balaban J connectivity index is 2.24. The average molecular weight is 294 g/mol. The van der Waals surface area contributed by atoms with Gasteiger partial charge in [0, 0.05) is 37.5 Å². The van der Waals surface area contributed by atoms with Crippen LogP contribution in [0.3, 0.4) is 0 Å². The van der Waals surface area contributed by atoms with Gasteiger partial charge in [0.2, 0.25) is 0 Å². The fourth-order valence-corrected chi connectivity index (χ4v) is 3.04. The Kier molecular flexibility index (Phi) is 6.00. The van der Waals surface area contributed by atoms with Crippen LogP contribution < -0.4 is 10.2 Å². The molecule has 0 radical (unpaired) electrons. The van der Waals surface area contributed by atoms with Crippen LogP contribution in [0, 0.1) is 5.82 Å². The lowest BCUT2D eigenvalue weighted by molar-refractivity contribution is 0.0892. The van der Waals surface area contributed by atoms with Gasteiger partial charge in [-0.25, -0.2) is 4.39 Å². The lowest BCUT2D eigenvalue weighted by Crippen LogP contribution is -2.40. The van der Waals surface area contributed by atoms with Crippen molar-refractivity contribution in [3.05, 3.63) is 29.6 Å². The number of halogens is 1. The molecular formula is C17H27FN2O. The van der Waals surface area contributed by atoms with E-state index < -0.39 is 0 Å². The van der Waals surface area contributed by atoms with E-state index in [9.17, 15) is 4.39 Å². The van der Waals surface area contributed by atoms with E-state index in [1.807, 2.05) is 13.0 Å². The molecule has 1 N–H and O–H groups in total. The van der Waals surface area contributed by atoms with Gasteiger partial charge in [0.25, 0.3) is 0 Å². The van der Waals surface area contributed by atoms with Crippen LogP contribution in [0.15, 0.2) is 18.2 Å². The smallest absolute Gasteiger partial charge is 0.130 e. The van der Waals surface area contributed by atoms with E-state index in [-0.39, 0.29) is 18.0 Å². The summed E-state index contributed by atoms with van der Waals surface area (Å²) in [5.41, 5.74) is 1.79. The molecular weight excluding hydrogens is 267 g/mol. The molecule has 1 saturated heterocycles. The molecule has 1 aromatic rings. The van der Waals surface area contributed by atoms with Gasteiger partial charge in [-0.1, -0.05) is 13.0 Å². The highest BCUT2D eigenvalue weighted by Crippen LogP contribution is 2.31. The van der Waals surface area contributed by atoms with Gasteiger partial charge in [0.15, 0.2) is 0 Å². The molecule has 0 aliphatic carbocycles. The number of nitrogens with one attached hydrogen (secondary N) is 1. The number of ether oxygens (including phenoxy) is 1. The van der Waals surface area contributed by atoms with Crippen molar-refractivity contribution in [3.8, 4) is 0 Å². The number of methoxy groups -OCH3 is 1. The number of anilines is 1. The Morgan fingerprint density at radius 3 is 3.00 bits per heavy atom. The van der Waals surface area contributed by atoms with Crippen LogP contribution in [0.2, 0.25) is 0 Å². The third-order valence-corrected chi connectivity index (χ3v) is 4.22. The molecule has 0 amide bonds. The molecule has 2 unspecified atom stereocenters. The van der Waals surface area contributed by atoms with Gasteiger partial charge in [0.05, 0.1) is 6.10 Å². The molecule has 1 aromatic carbocycles. The topological polar surface area (TPSA) is 24.5 Å². The molecule has 0 saturated carbocycles. The fourth-order valence-electron chi connectivity index (χ4n) is 3.04. The van der Waals surface area contributed by atoms with Crippen LogP contribution in [-0.4, -0.2) is 32.8 Å². The van der Waals surface area contributed by atoms with Gasteiger partial charge in [-0.05, 0) is 44.9 Å². The van der Waals surface area contributed by atoms with Gasteiger partial charge in [0.1, 0.15) is 5.82 Å². The maximum Gasteiger partial charge on any atom is 0.130 e. The molecule has 2 rings (SSSR count). The summed E-state index contributed by atoms with van der Waals surface area (Å²) in [5.74, 6) is -0.122. The number of hydrogen-bond acceptors (Lipinski definition) is 3. The minimum absolute atomic E-state index is 0.0177. The molecule has 0 bridgehead atoms. The molecule has 1 heterocycles. The molecule has 3 nitrogen and oxygen atoms in total. The normalized spacial score (nSPS) is 20.6. The molecule has 1 aliphatic rings. The van der Waals surface area contributed by atoms with Crippen LogP contribution in [0.25, 0.3) is 0 Å². The minimum atomic E-state index is -0.122. The third kappa shape index (κ3) is 3.95. The summed E-state index contributed by atoms with van der Waals surface area (Å²) in [6.07, 6.45) is 3.46.